The summed E-state index contributed by atoms with van der Waals surface area (Å²) < 4.78 is 1.94. The zero-order valence-electron chi connectivity index (χ0n) is 14.9. The predicted octanol–water partition coefficient (Wildman–Crippen LogP) is 2.13. The van der Waals surface area contributed by atoms with Crippen molar-refractivity contribution in [2.75, 3.05) is 0 Å². The van der Waals surface area contributed by atoms with Crippen LogP contribution in [0.1, 0.15) is 23.4 Å². The first-order chi connectivity index (χ1) is 13.1. The molecule has 0 aliphatic carbocycles. The maximum Gasteiger partial charge on any atom is 0.270 e. The number of rotatable bonds is 5. The maximum absolute atomic E-state index is 12.1. The van der Waals surface area contributed by atoms with Crippen LogP contribution in [0.3, 0.4) is 0 Å². The summed E-state index contributed by atoms with van der Waals surface area (Å²) in [6.45, 7) is 2.37. The average molecular weight is 361 g/mol. The second kappa shape index (κ2) is 7.03. The lowest BCUT2D eigenvalue weighted by Gasteiger charge is -2.04. The van der Waals surface area contributed by atoms with E-state index in [2.05, 4.69) is 20.3 Å². The highest BCUT2D eigenvalue weighted by atomic mass is 16.1. The molecule has 2 N–H and O–H groups in total. The van der Waals surface area contributed by atoms with Crippen molar-refractivity contribution in [3.05, 3.63) is 76.1 Å². The summed E-state index contributed by atoms with van der Waals surface area (Å²) in [5, 5.41) is 2.85. The Labute approximate surface area is 155 Å². The van der Waals surface area contributed by atoms with Crippen molar-refractivity contribution in [3.63, 3.8) is 0 Å². The number of para-hydroxylation sites is 2. The SMILES string of the molecule is Cc1ccc2nc(CNC(=O)CCc3nc4ccccc4[nH]c3=O)cn2c1. The molecule has 136 valence electrons. The van der Waals surface area contributed by atoms with Crippen molar-refractivity contribution < 1.29 is 4.79 Å². The van der Waals surface area contributed by atoms with Gasteiger partial charge in [0.15, 0.2) is 0 Å². The molecule has 0 atom stereocenters. The molecular weight excluding hydrogens is 342 g/mol. The molecule has 1 aromatic carbocycles. The van der Waals surface area contributed by atoms with Gasteiger partial charge in [0.1, 0.15) is 11.3 Å². The molecule has 1 amide bonds. The van der Waals surface area contributed by atoms with Gasteiger partial charge in [-0.25, -0.2) is 9.97 Å². The monoisotopic (exact) mass is 361 g/mol. The summed E-state index contributed by atoms with van der Waals surface area (Å²) in [6, 6.07) is 11.3. The molecule has 0 fully saturated rings. The minimum atomic E-state index is -0.253. The number of imidazole rings is 1. The quantitative estimate of drug-likeness (QED) is 0.570. The molecule has 7 heteroatoms. The number of nitrogens with zero attached hydrogens (tertiary/aromatic N) is 3. The third-order valence-corrected chi connectivity index (χ3v) is 4.37. The zero-order chi connectivity index (χ0) is 18.8. The van der Waals surface area contributed by atoms with Crippen LogP contribution >= 0.6 is 0 Å². The fraction of sp³-hybridized carbons (Fsp3) is 0.200. The average Bonchev–Trinajstić information content (AvgIpc) is 3.06. The van der Waals surface area contributed by atoms with E-state index in [0.29, 0.717) is 23.3 Å². The number of H-pyrrole nitrogens is 1. The van der Waals surface area contributed by atoms with Crippen LogP contribution in [0.2, 0.25) is 0 Å². The Morgan fingerprint density at radius 2 is 2.00 bits per heavy atom. The molecule has 0 unspecified atom stereocenters. The molecule has 3 heterocycles. The van der Waals surface area contributed by atoms with Crippen molar-refractivity contribution in [2.45, 2.75) is 26.3 Å². The summed E-state index contributed by atoms with van der Waals surface area (Å²) in [5.41, 5.74) is 4.30. The summed E-state index contributed by atoms with van der Waals surface area (Å²) in [4.78, 5) is 35.9. The molecular formula is C20H19N5O2. The van der Waals surface area contributed by atoms with Crippen molar-refractivity contribution in [1.82, 2.24) is 24.7 Å². The van der Waals surface area contributed by atoms with Crippen LogP contribution in [-0.4, -0.2) is 25.3 Å². The molecule has 0 radical (unpaired) electrons. The van der Waals surface area contributed by atoms with E-state index < -0.39 is 0 Å². The minimum absolute atomic E-state index is 0.141. The fourth-order valence-electron chi connectivity index (χ4n) is 2.99. The van der Waals surface area contributed by atoms with Gasteiger partial charge in [-0.2, -0.15) is 0 Å². The van der Waals surface area contributed by atoms with Crippen LogP contribution in [0.15, 0.2) is 53.6 Å². The highest BCUT2D eigenvalue weighted by Gasteiger charge is 2.09. The number of pyridine rings is 1. The first kappa shape index (κ1) is 17.0. The van der Waals surface area contributed by atoms with Gasteiger partial charge in [-0.05, 0) is 30.7 Å². The Balaban J connectivity index is 1.38. The van der Waals surface area contributed by atoms with E-state index in [-0.39, 0.29) is 24.3 Å². The second-order valence-electron chi connectivity index (χ2n) is 6.51. The first-order valence-corrected chi connectivity index (χ1v) is 8.77. The van der Waals surface area contributed by atoms with Crippen LogP contribution < -0.4 is 10.9 Å². The molecule has 0 saturated heterocycles. The lowest BCUT2D eigenvalue weighted by Crippen LogP contribution is -2.25. The van der Waals surface area contributed by atoms with E-state index in [1.807, 2.05) is 54.0 Å². The number of amides is 1. The van der Waals surface area contributed by atoms with Crippen molar-refractivity contribution >= 4 is 22.6 Å². The first-order valence-electron chi connectivity index (χ1n) is 8.77. The highest BCUT2D eigenvalue weighted by Crippen LogP contribution is 2.08. The van der Waals surface area contributed by atoms with Crippen LogP contribution in [-0.2, 0) is 17.8 Å². The minimum Gasteiger partial charge on any atom is -0.350 e. The molecule has 7 nitrogen and oxygen atoms in total. The molecule has 0 bridgehead atoms. The van der Waals surface area contributed by atoms with Crippen molar-refractivity contribution in [3.8, 4) is 0 Å². The summed E-state index contributed by atoms with van der Waals surface area (Å²) in [7, 11) is 0. The number of nitrogens with one attached hydrogen (secondary N) is 2. The van der Waals surface area contributed by atoms with Gasteiger partial charge in [0.25, 0.3) is 5.56 Å². The van der Waals surface area contributed by atoms with Gasteiger partial charge in [0.05, 0.1) is 23.3 Å². The molecule has 0 saturated carbocycles. The zero-order valence-corrected chi connectivity index (χ0v) is 14.9. The summed E-state index contributed by atoms with van der Waals surface area (Å²) in [5.74, 6) is -0.141. The lowest BCUT2D eigenvalue weighted by atomic mass is 10.2. The number of hydrogen-bond acceptors (Lipinski definition) is 4. The van der Waals surface area contributed by atoms with E-state index in [4.69, 9.17) is 0 Å². The molecule has 0 aliphatic heterocycles. The van der Waals surface area contributed by atoms with Gasteiger partial charge in [-0.1, -0.05) is 18.2 Å². The largest absolute Gasteiger partial charge is 0.350 e. The molecule has 4 aromatic rings. The van der Waals surface area contributed by atoms with Crippen LogP contribution in [0.4, 0.5) is 0 Å². The van der Waals surface area contributed by atoms with Gasteiger partial charge in [-0.3, -0.25) is 9.59 Å². The molecule has 4 rings (SSSR count). The molecule has 27 heavy (non-hydrogen) atoms. The van der Waals surface area contributed by atoms with Gasteiger partial charge in [-0.15, -0.1) is 0 Å². The van der Waals surface area contributed by atoms with Gasteiger partial charge in [0.2, 0.25) is 5.91 Å². The van der Waals surface area contributed by atoms with Gasteiger partial charge in [0, 0.05) is 25.2 Å². The number of hydrogen-bond donors (Lipinski definition) is 2. The van der Waals surface area contributed by atoms with E-state index >= 15 is 0 Å². The van der Waals surface area contributed by atoms with Crippen molar-refractivity contribution in [2.24, 2.45) is 0 Å². The van der Waals surface area contributed by atoms with Crippen LogP contribution in [0.25, 0.3) is 16.7 Å². The Kier molecular flexibility index (Phi) is 4.42. The third kappa shape index (κ3) is 3.72. The third-order valence-electron chi connectivity index (χ3n) is 4.37. The number of carbonyl (C=O) groups is 1. The topological polar surface area (TPSA) is 92.2 Å². The Bertz CT molecular complexity index is 1190. The standard InChI is InChI=1S/C20H19N5O2/c1-13-6-8-18-22-14(12-25(18)11-13)10-21-19(26)9-7-17-20(27)24-16-5-3-2-4-15(16)23-17/h2-6,8,11-12H,7,9-10H2,1H3,(H,21,26)(H,24,27). The second-order valence-corrected chi connectivity index (χ2v) is 6.51. The highest BCUT2D eigenvalue weighted by molar-refractivity contribution is 5.76. The van der Waals surface area contributed by atoms with Gasteiger partial charge < -0.3 is 14.7 Å². The normalized spacial score (nSPS) is 11.1. The van der Waals surface area contributed by atoms with Gasteiger partial charge >= 0.3 is 0 Å². The van der Waals surface area contributed by atoms with E-state index in [9.17, 15) is 9.59 Å². The predicted molar refractivity (Wildman–Crippen MR) is 102 cm³/mol. The van der Waals surface area contributed by atoms with Crippen LogP contribution in [0.5, 0.6) is 0 Å². The van der Waals surface area contributed by atoms with Crippen LogP contribution in [0, 0.1) is 6.92 Å². The maximum atomic E-state index is 12.1. The number of carbonyl (C=O) groups excluding carboxylic acids is 1. The Morgan fingerprint density at radius 3 is 2.89 bits per heavy atom. The number of aryl methyl sites for hydroxylation is 2. The molecule has 3 aromatic heterocycles. The fourth-order valence-corrected chi connectivity index (χ4v) is 2.99. The van der Waals surface area contributed by atoms with E-state index in [1.165, 1.54) is 0 Å². The van der Waals surface area contributed by atoms with Crippen molar-refractivity contribution in [1.29, 1.82) is 0 Å². The molecule has 0 aliphatic rings. The molecule has 0 spiro atoms. The number of benzene rings is 1. The van der Waals surface area contributed by atoms with E-state index in [1.54, 1.807) is 6.07 Å². The summed E-state index contributed by atoms with van der Waals surface area (Å²) in [6.07, 6.45) is 4.38. The van der Waals surface area contributed by atoms with E-state index in [0.717, 1.165) is 16.9 Å². The number of aromatic amines is 1. The lowest BCUT2D eigenvalue weighted by molar-refractivity contribution is -0.121. The Morgan fingerprint density at radius 1 is 1.15 bits per heavy atom. The summed E-state index contributed by atoms with van der Waals surface area (Å²) >= 11 is 0. The smallest absolute Gasteiger partial charge is 0.270 e. The Hall–Kier alpha value is -3.48. The number of aromatic nitrogens is 4. The number of fused-ring (bicyclic) bond motifs is 2.